The fourth-order valence-corrected chi connectivity index (χ4v) is 5.75. The van der Waals surface area contributed by atoms with Crippen LogP contribution in [0.5, 0.6) is 0 Å². The van der Waals surface area contributed by atoms with Crippen molar-refractivity contribution in [3.05, 3.63) is 42.5 Å². The normalized spacial score (nSPS) is 24.0. The van der Waals surface area contributed by atoms with Gasteiger partial charge in [-0.05, 0) is 49.1 Å². The van der Waals surface area contributed by atoms with Crippen LogP contribution in [0.1, 0.15) is 26.2 Å². The molecule has 0 aromatic heterocycles. The lowest BCUT2D eigenvalue weighted by atomic mass is 9.88. The topological polar surface area (TPSA) is 78.9 Å². The van der Waals surface area contributed by atoms with Gasteiger partial charge in [0.25, 0.3) is 0 Å². The summed E-state index contributed by atoms with van der Waals surface area (Å²) >= 11 is 0. The molecule has 0 aliphatic carbocycles. The Labute approximate surface area is 166 Å². The van der Waals surface area contributed by atoms with Crippen LogP contribution >= 0.6 is 0 Å². The maximum atomic E-state index is 13.1. The van der Waals surface area contributed by atoms with Crippen molar-refractivity contribution in [2.24, 2.45) is 0 Å². The number of hydrogen-bond donors (Lipinski definition) is 2. The second-order valence-electron chi connectivity index (χ2n) is 8.07. The predicted molar refractivity (Wildman–Crippen MR) is 109 cm³/mol. The van der Waals surface area contributed by atoms with Crippen LogP contribution in [0.15, 0.2) is 47.4 Å². The number of nitrogens with one attached hydrogen (secondary N) is 1. The Balaban J connectivity index is 1.42. The first-order valence-corrected chi connectivity index (χ1v) is 11.4. The summed E-state index contributed by atoms with van der Waals surface area (Å²) in [4.78, 5) is 0.353. The van der Waals surface area contributed by atoms with Gasteiger partial charge < -0.3 is 15.2 Å². The van der Waals surface area contributed by atoms with Gasteiger partial charge in [-0.15, -0.1) is 0 Å². The van der Waals surface area contributed by atoms with Crippen LogP contribution in [0.4, 0.5) is 0 Å². The Kier molecular flexibility index (Phi) is 5.46. The molecular weight excluding hydrogens is 376 g/mol. The van der Waals surface area contributed by atoms with Crippen LogP contribution < -0.4 is 5.32 Å². The lowest BCUT2D eigenvalue weighted by Crippen LogP contribution is -2.47. The van der Waals surface area contributed by atoms with E-state index in [4.69, 9.17) is 4.74 Å². The molecule has 1 spiro atoms. The van der Waals surface area contributed by atoms with E-state index in [1.54, 1.807) is 23.4 Å². The van der Waals surface area contributed by atoms with Crippen molar-refractivity contribution in [3.8, 4) is 0 Å². The molecular formula is C21H28N2O4S. The molecule has 2 aromatic rings. The molecule has 152 valence electrons. The number of rotatable bonds is 5. The van der Waals surface area contributed by atoms with Gasteiger partial charge in [0.2, 0.25) is 10.0 Å². The second-order valence-corrected chi connectivity index (χ2v) is 10.0. The molecule has 0 radical (unpaired) electrons. The zero-order valence-corrected chi connectivity index (χ0v) is 17.0. The number of fused-ring (bicyclic) bond motifs is 1. The van der Waals surface area contributed by atoms with E-state index in [9.17, 15) is 13.5 Å². The molecule has 2 heterocycles. The average molecular weight is 405 g/mol. The summed E-state index contributed by atoms with van der Waals surface area (Å²) < 4.78 is 33.9. The fourth-order valence-electron chi connectivity index (χ4n) is 4.27. The van der Waals surface area contributed by atoms with E-state index in [1.807, 2.05) is 30.3 Å². The number of nitrogens with zero attached hydrogens (tertiary/aromatic N) is 1. The highest BCUT2D eigenvalue weighted by atomic mass is 32.2. The SMILES string of the molecule is C[C@@H](O)CNC1COC2(CCN(S(=O)(=O)c3ccc4ccccc4c3)CC2)C1. The average Bonchev–Trinajstić information content (AvgIpc) is 3.09. The molecule has 2 N–H and O–H groups in total. The molecule has 6 nitrogen and oxygen atoms in total. The van der Waals surface area contributed by atoms with Crippen LogP contribution in [-0.4, -0.2) is 61.8 Å². The molecule has 0 saturated carbocycles. The summed E-state index contributed by atoms with van der Waals surface area (Å²) in [7, 11) is -3.51. The van der Waals surface area contributed by atoms with Gasteiger partial charge in [0, 0.05) is 25.7 Å². The highest BCUT2D eigenvalue weighted by Crippen LogP contribution is 2.37. The molecule has 0 amide bonds. The number of piperidine rings is 1. The minimum atomic E-state index is -3.51. The highest BCUT2D eigenvalue weighted by molar-refractivity contribution is 7.89. The van der Waals surface area contributed by atoms with E-state index in [-0.39, 0.29) is 17.7 Å². The molecule has 2 atom stereocenters. The summed E-state index contributed by atoms with van der Waals surface area (Å²) in [6.45, 7) is 3.86. The Hall–Kier alpha value is -1.51. The molecule has 2 aromatic carbocycles. The molecule has 2 fully saturated rings. The lowest BCUT2D eigenvalue weighted by Gasteiger charge is -2.38. The van der Waals surface area contributed by atoms with Gasteiger partial charge in [-0.3, -0.25) is 0 Å². The van der Waals surface area contributed by atoms with Crippen molar-refractivity contribution in [3.63, 3.8) is 0 Å². The Morgan fingerprint density at radius 3 is 2.64 bits per heavy atom. The summed E-state index contributed by atoms with van der Waals surface area (Å²) in [6.07, 6.45) is 1.88. The van der Waals surface area contributed by atoms with Gasteiger partial charge in [0.15, 0.2) is 0 Å². The van der Waals surface area contributed by atoms with Gasteiger partial charge in [-0.1, -0.05) is 30.3 Å². The van der Waals surface area contributed by atoms with Gasteiger partial charge in [0.05, 0.1) is 23.2 Å². The highest BCUT2D eigenvalue weighted by Gasteiger charge is 2.44. The number of ether oxygens (including phenoxy) is 1. The summed E-state index contributed by atoms with van der Waals surface area (Å²) in [5.74, 6) is 0. The molecule has 2 saturated heterocycles. The molecule has 7 heteroatoms. The first-order chi connectivity index (χ1) is 13.4. The predicted octanol–water partition coefficient (Wildman–Crippen LogP) is 2.12. The zero-order valence-electron chi connectivity index (χ0n) is 16.2. The minimum absolute atomic E-state index is 0.221. The second kappa shape index (κ2) is 7.72. The van der Waals surface area contributed by atoms with E-state index in [2.05, 4.69) is 5.32 Å². The van der Waals surface area contributed by atoms with Crippen LogP contribution in [0.25, 0.3) is 10.8 Å². The third kappa shape index (κ3) is 3.95. The van der Waals surface area contributed by atoms with Crippen molar-refractivity contribution in [1.29, 1.82) is 0 Å². The first-order valence-electron chi connectivity index (χ1n) is 9.92. The standard InChI is InChI=1S/C21H28N2O4S/c1-16(24)14-22-19-13-21(27-15-19)8-10-23(11-9-21)28(25,26)20-7-6-17-4-2-3-5-18(17)12-20/h2-7,12,16,19,22,24H,8-11,13-15H2,1H3/t16-,19?/m1/s1. The van der Waals surface area contributed by atoms with Crippen molar-refractivity contribution in [2.75, 3.05) is 26.2 Å². The largest absolute Gasteiger partial charge is 0.392 e. The van der Waals surface area contributed by atoms with Crippen LogP contribution in [0, 0.1) is 0 Å². The van der Waals surface area contributed by atoms with E-state index < -0.39 is 10.0 Å². The number of sulfonamides is 1. The Morgan fingerprint density at radius 1 is 1.21 bits per heavy atom. The number of benzene rings is 2. The maximum absolute atomic E-state index is 13.1. The Bertz CT molecular complexity index is 936. The van der Waals surface area contributed by atoms with Crippen LogP contribution in [0.2, 0.25) is 0 Å². The number of aliphatic hydroxyl groups excluding tert-OH is 1. The smallest absolute Gasteiger partial charge is 0.243 e. The molecule has 1 unspecified atom stereocenters. The van der Waals surface area contributed by atoms with Crippen molar-refractivity contribution < 1.29 is 18.3 Å². The van der Waals surface area contributed by atoms with E-state index in [1.165, 1.54) is 0 Å². The van der Waals surface area contributed by atoms with Gasteiger partial charge in [-0.25, -0.2) is 8.42 Å². The third-order valence-electron chi connectivity index (χ3n) is 5.90. The van der Waals surface area contributed by atoms with Crippen molar-refractivity contribution >= 4 is 20.8 Å². The van der Waals surface area contributed by atoms with E-state index >= 15 is 0 Å². The first kappa shape index (κ1) is 19.8. The van der Waals surface area contributed by atoms with Crippen LogP contribution in [0.3, 0.4) is 0 Å². The minimum Gasteiger partial charge on any atom is -0.392 e. The van der Waals surface area contributed by atoms with Gasteiger partial charge in [0.1, 0.15) is 0 Å². The quantitative estimate of drug-likeness (QED) is 0.798. The van der Waals surface area contributed by atoms with E-state index in [0.29, 0.717) is 44.0 Å². The third-order valence-corrected chi connectivity index (χ3v) is 7.80. The number of aliphatic hydroxyl groups is 1. The van der Waals surface area contributed by atoms with E-state index in [0.717, 1.165) is 17.2 Å². The fraction of sp³-hybridized carbons (Fsp3) is 0.524. The molecule has 28 heavy (non-hydrogen) atoms. The molecule has 2 aliphatic rings. The van der Waals surface area contributed by atoms with Gasteiger partial charge in [-0.2, -0.15) is 4.31 Å². The zero-order chi connectivity index (χ0) is 19.8. The van der Waals surface area contributed by atoms with Gasteiger partial charge >= 0.3 is 0 Å². The van der Waals surface area contributed by atoms with Crippen LogP contribution in [-0.2, 0) is 14.8 Å². The molecule has 4 rings (SSSR count). The van der Waals surface area contributed by atoms with Crippen molar-refractivity contribution in [2.45, 2.75) is 48.8 Å². The summed E-state index contributed by atoms with van der Waals surface area (Å²) in [5.41, 5.74) is -0.244. The monoisotopic (exact) mass is 404 g/mol. The summed E-state index contributed by atoms with van der Waals surface area (Å²) in [5, 5.41) is 14.7. The number of hydrogen-bond acceptors (Lipinski definition) is 5. The van der Waals surface area contributed by atoms with Crippen molar-refractivity contribution in [1.82, 2.24) is 9.62 Å². The molecule has 2 aliphatic heterocycles. The summed E-state index contributed by atoms with van der Waals surface area (Å²) in [6, 6.07) is 13.3. The lowest BCUT2D eigenvalue weighted by molar-refractivity contribution is -0.0311. The Morgan fingerprint density at radius 2 is 1.93 bits per heavy atom. The molecule has 0 bridgehead atoms. The maximum Gasteiger partial charge on any atom is 0.243 e.